The molecule has 6 heteroatoms. The summed E-state index contributed by atoms with van der Waals surface area (Å²) in [6.45, 7) is 3.83. The van der Waals surface area contributed by atoms with E-state index in [0.717, 1.165) is 25.7 Å². The molecule has 0 aromatic heterocycles. The van der Waals surface area contributed by atoms with Crippen molar-refractivity contribution in [1.82, 2.24) is 10.6 Å². The molecule has 0 rings (SSSR count). The van der Waals surface area contributed by atoms with Gasteiger partial charge in [0.05, 0.1) is 0 Å². The second-order valence-electron chi connectivity index (χ2n) is 4.62. The molecule has 0 radical (unpaired) electrons. The van der Waals surface area contributed by atoms with Gasteiger partial charge in [0.25, 0.3) is 0 Å². The van der Waals surface area contributed by atoms with Gasteiger partial charge in [-0.1, -0.05) is 26.2 Å². The molecule has 0 heterocycles. The molecule has 0 aromatic carbocycles. The molecule has 0 bridgehead atoms. The van der Waals surface area contributed by atoms with Crippen LogP contribution in [0.4, 0.5) is 0 Å². The van der Waals surface area contributed by atoms with E-state index in [-0.39, 0.29) is 24.2 Å². The fourth-order valence-electron chi connectivity index (χ4n) is 1.81. The number of nitrogens with one attached hydrogen (secondary N) is 2. The summed E-state index contributed by atoms with van der Waals surface area (Å²) in [7, 11) is 0. The van der Waals surface area contributed by atoms with Gasteiger partial charge >= 0.3 is 0 Å². The molecule has 2 amide bonds. The zero-order chi connectivity index (χ0) is 14.5. The zero-order valence-corrected chi connectivity index (χ0v) is 11.9. The molecule has 0 aromatic rings. The summed E-state index contributed by atoms with van der Waals surface area (Å²) in [6.07, 6.45) is 4.09. The first-order valence-electron chi connectivity index (χ1n) is 7.10. The van der Waals surface area contributed by atoms with Crippen LogP contribution in [-0.2, 0) is 9.59 Å². The Bertz CT molecular complexity index is 259. The highest BCUT2D eigenvalue weighted by Gasteiger charge is 2.20. The number of hydrogen-bond donors (Lipinski definition) is 4. The summed E-state index contributed by atoms with van der Waals surface area (Å²) in [4.78, 5) is 23.6. The molecule has 112 valence electrons. The van der Waals surface area contributed by atoms with Crippen LogP contribution in [-0.4, -0.2) is 38.0 Å². The van der Waals surface area contributed by atoms with Crippen LogP contribution in [0.3, 0.4) is 0 Å². The van der Waals surface area contributed by atoms with Crippen LogP contribution in [0.2, 0.25) is 0 Å². The maximum atomic E-state index is 11.9. The Morgan fingerprint density at radius 2 is 1.68 bits per heavy atom. The maximum Gasteiger partial charge on any atom is 0.223 e. The van der Waals surface area contributed by atoms with Gasteiger partial charge < -0.3 is 22.1 Å². The van der Waals surface area contributed by atoms with Crippen molar-refractivity contribution in [3.8, 4) is 0 Å². The van der Waals surface area contributed by atoms with Crippen LogP contribution in [0.5, 0.6) is 0 Å². The Balaban J connectivity index is 4.22. The van der Waals surface area contributed by atoms with E-state index in [0.29, 0.717) is 26.2 Å². The quantitative estimate of drug-likeness (QED) is 0.388. The second-order valence-corrected chi connectivity index (χ2v) is 4.62. The van der Waals surface area contributed by atoms with Crippen LogP contribution < -0.4 is 22.1 Å². The minimum absolute atomic E-state index is 0.0792. The van der Waals surface area contributed by atoms with E-state index in [9.17, 15) is 9.59 Å². The number of amides is 2. The molecule has 0 aliphatic heterocycles. The van der Waals surface area contributed by atoms with E-state index < -0.39 is 0 Å². The second kappa shape index (κ2) is 11.9. The Labute approximate surface area is 115 Å². The van der Waals surface area contributed by atoms with Crippen molar-refractivity contribution in [1.29, 1.82) is 0 Å². The van der Waals surface area contributed by atoms with Gasteiger partial charge in [0, 0.05) is 38.5 Å². The van der Waals surface area contributed by atoms with Crippen molar-refractivity contribution in [2.45, 2.75) is 39.0 Å². The first-order valence-corrected chi connectivity index (χ1v) is 7.10. The van der Waals surface area contributed by atoms with Crippen molar-refractivity contribution in [2.75, 3.05) is 26.2 Å². The van der Waals surface area contributed by atoms with Crippen molar-refractivity contribution >= 4 is 11.8 Å². The fraction of sp³-hybridized carbons (Fsp3) is 0.846. The molecule has 6 N–H and O–H groups in total. The lowest BCUT2D eigenvalue weighted by molar-refractivity contribution is -0.130. The summed E-state index contributed by atoms with van der Waals surface area (Å²) < 4.78 is 0. The molecule has 0 spiro atoms. The third kappa shape index (κ3) is 9.44. The van der Waals surface area contributed by atoms with Crippen molar-refractivity contribution in [3.63, 3.8) is 0 Å². The van der Waals surface area contributed by atoms with Gasteiger partial charge in [-0.05, 0) is 6.42 Å². The summed E-state index contributed by atoms with van der Waals surface area (Å²) in [5, 5.41) is 5.45. The van der Waals surface area contributed by atoms with E-state index in [1.807, 2.05) is 0 Å². The van der Waals surface area contributed by atoms with Crippen LogP contribution in [0, 0.1) is 5.92 Å². The first-order chi connectivity index (χ1) is 9.15. The molecule has 0 fully saturated rings. The number of rotatable bonds is 11. The van der Waals surface area contributed by atoms with Crippen LogP contribution >= 0.6 is 0 Å². The van der Waals surface area contributed by atoms with Gasteiger partial charge in [-0.25, -0.2) is 0 Å². The SMILES string of the molecule is CCCCCC(CC(=O)NCCN)C(=O)NCCN. The molecule has 6 nitrogen and oxygen atoms in total. The fourth-order valence-corrected chi connectivity index (χ4v) is 1.81. The predicted molar refractivity (Wildman–Crippen MR) is 76.4 cm³/mol. The van der Waals surface area contributed by atoms with E-state index in [4.69, 9.17) is 11.5 Å². The normalized spacial score (nSPS) is 11.9. The van der Waals surface area contributed by atoms with E-state index >= 15 is 0 Å². The molecule has 1 unspecified atom stereocenters. The van der Waals surface area contributed by atoms with Gasteiger partial charge in [-0.2, -0.15) is 0 Å². The van der Waals surface area contributed by atoms with Crippen LogP contribution in [0.15, 0.2) is 0 Å². The molecule has 0 saturated carbocycles. The average Bonchev–Trinajstić information content (AvgIpc) is 2.41. The highest BCUT2D eigenvalue weighted by Crippen LogP contribution is 2.14. The van der Waals surface area contributed by atoms with Crippen molar-refractivity contribution < 1.29 is 9.59 Å². The van der Waals surface area contributed by atoms with Gasteiger partial charge in [0.1, 0.15) is 0 Å². The smallest absolute Gasteiger partial charge is 0.223 e. The standard InChI is InChI=1S/C13H28N4O2/c1-2-3-4-5-11(13(19)17-9-7-15)10-12(18)16-8-6-14/h11H,2-10,14-15H2,1H3,(H,16,18)(H,17,19). The number of nitrogens with two attached hydrogens (primary N) is 2. The third-order valence-electron chi connectivity index (χ3n) is 2.87. The lowest BCUT2D eigenvalue weighted by Gasteiger charge is -2.16. The maximum absolute atomic E-state index is 11.9. The first kappa shape index (κ1) is 17.9. The molecule has 1 atom stereocenters. The summed E-state index contributed by atoms with van der Waals surface area (Å²) >= 11 is 0. The third-order valence-corrected chi connectivity index (χ3v) is 2.87. The van der Waals surface area contributed by atoms with Gasteiger partial charge in [-0.3, -0.25) is 9.59 Å². The Morgan fingerprint density at radius 1 is 1.05 bits per heavy atom. The minimum atomic E-state index is -0.268. The molecular weight excluding hydrogens is 244 g/mol. The van der Waals surface area contributed by atoms with Gasteiger partial charge in [0.2, 0.25) is 11.8 Å². The van der Waals surface area contributed by atoms with Crippen molar-refractivity contribution in [3.05, 3.63) is 0 Å². The average molecular weight is 272 g/mol. The molecular formula is C13H28N4O2. The number of hydrogen-bond acceptors (Lipinski definition) is 4. The van der Waals surface area contributed by atoms with E-state index in [1.54, 1.807) is 0 Å². The largest absolute Gasteiger partial charge is 0.355 e. The van der Waals surface area contributed by atoms with Crippen molar-refractivity contribution in [2.24, 2.45) is 17.4 Å². The molecule has 0 aliphatic carbocycles. The Kier molecular flexibility index (Phi) is 11.2. The number of carbonyl (C=O) groups excluding carboxylic acids is 2. The van der Waals surface area contributed by atoms with Crippen LogP contribution in [0.25, 0.3) is 0 Å². The Morgan fingerprint density at radius 3 is 2.26 bits per heavy atom. The Hall–Kier alpha value is -1.14. The highest BCUT2D eigenvalue weighted by molar-refractivity contribution is 5.85. The summed E-state index contributed by atoms with van der Waals surface area (Å²) in [6, 6.07) is 0. The number of unbranched alkanes of at least 4 members (excludes halogenated alkanes) is 2. The molecule has 0 saturated heterocycles. The topological polar surface area (TPSA) is 110 Å². The van der Waals surface area contributed by atoms with Gasteiger partial charge in [0.15, 0.2) is 0 Å². The zero-order valence-electron chi connectivity index (χ0n) is 11.9. The van der Waals surface area contributed by atoms with E-state index in [2.05, 4.69) is 17.6 Å². The monoisotopic (exact) mass is 272 g/mol. The van der Waals surface area contributed by atoms with E-state index in [1.165, 1.54) is 0 Å². The molecule has 0 aliphatic rings. The van der Waals surface area contributed by atoms with Gasteiger partial charge in [-0.15, -0.1) is 0 Å². The minimum Gasteiger partial charge on any atom is -0.355 e. The van der Waals surface area contributed by atoms with Crippen LogP contribution in [0.1, 0.15) is 39.0 Å². The molecule has 19 heavy (non-hydrogen) atoms. The predicted octanol–water partition coefficient (Wildman–Crippen LogP) is -0.277. The summed E-state index contributed by atoms with van der Waals surface area (Å²) in [5.74, 6) is -0.463. The highest BCUT2D eigenvalue weighted by atomic mass is 16.2. The summed E-state index contributed by atoms with van der Waals surface area (Å²) in [5.41, 5.74) is 10.7. The lowest BCUT2D eigenvalue weighted by atomic mass is 9.96. The lowest BCUT2D eigenvalue weighted by Crippen LogP contribution is -2.38. The number of carbonyl (C=O) groups is 2.